The molecule has 1 fully saturated rings. The van der Waals surface area contributed by atoms with Crippen LogP contribution in [0, 0.1) is 19.8 Å². The van der Waals surface area contributed by atoms with Crippen LogP contribution < -0.4 is 5.32 Å². The number of hydrogen-bond acceptors (Lipinski definition) is 4. The summed E-state index contributed by atoms with van der Waals surface area (Å²) in [4.78, 5) is 26.5. The number of fused-ring (bicyclic) bond motifs is 3. The number of carbonyl (C=O) groups excluding carboxylic acids is 2. The zero-order valence-electron chi connectivity index (χ0n) is 14.6. The van der Waals surface area contributed by atoms with Gasteiger partial charge in [0.05, 0.1) is 11.7 Å². The maximum atomic E-state index is 12.8. The molecule has 0 unspecified atom stereocenters. The van der Waals surface area contributed by atoms with Crippen LogP contribution >= 0.6 is 0 Å². The molecule has 6 nitrogen and oxygen atoms in total. The Balaban J connectivity index is 1.66. The van der Waals surface area contributed by atoms with Crippen molar-refractivity contribution in [3.63, 3.8) is 0 Å². The molecule has 1 aliphatic heterocycles. The Morgan fingerprint density at radius 3 is 2.56 bits per heavy atom. The third-order valence-electron chi connectivity index (χ3n) is 5.52. The fourth-order valence-electron chi connectivity index (χ4n) is 4.32. The summed E-state index contributed by atoms with van der Waals surface area (Å²) in [5, 5.41) is 7.04. The van der Waals surface area contributed by atoms with E-state index in [0.29, 0.717) is 30.1 Å². The molecule has 1 aromatic carbocycles. The Kier molecular flexibility index (Phi) is 3.63. The fraction of sp³-hybridized carbons (Fsp3) is 0.421. The van der Waals surface area contributed by atoms with Gasteiger partial charge in [-0.2, -0.15) is 0 Å². The highest BCUT2D eigenvalue weighted by Gasteiger charge is 2.47. The zero-order chi connectivity index (χ0) is 17.7. The number of amides is 2. The first-order valence-corrected chi connectivity index (χ1v) is 8.55. The predicted molar refractivity (Wildman–Crippen MR) is 91.1 cm³/mol. The van der Waals surface area contributed by atoms with Gasteiger partial charge in [-0.25, -0.2) is 0 Å². The minimum atomic E-state index is -0.169. The van der Waals surface area contributed by atoms with E-state index < -0.39 is 0 Å². The molecule has 0 spiro atoms. The number of rotatable bonds is 2. The summed E-state index contributed by atoms with van der Waals surface area (Å²) in [5.74, 6) is 0.913. The maximum Gasteiger partial charge on any atom is 0.257 e. The van der Waals surface area contributed by atoms with E-state index in [2.05, 4.69) is 22.6 Å². The standard InChI is InChI=1S/C19H21N3O3/c1-10-17(11(2)25-21-10)19(24)20-18-14-7-5-4-6-13(14)15-8-22(12(3)23)9-16(15)18/h4-7,15-16,18H,8-9H2,1-3H3,(H,20,24)/t15-,16-,18-/m0/s1. The number of hydrogen-bond donors (Lipinski definition) is 1. The van der Waals surface area contributed by atoms with Gasteiger partial charge in [-0.05, 0) is 25.0 Å². The first-order chi connectivity index (χ1) is 12.0. The van der Waals surface area contributed by atoms with Crippen LogP contribution in [0.2, 0.25) is 0 Å². The van der Waals surface area contributed by atoms with Crippen molar-refractivity contribution in [1.82, 2.24) is 15.4 Å². The molecule has 6 heteroatoms. The number of aromatic nitrogens is 1. The summed E-state index contributed by atoms with van der Waals surface area (Å²) in [6.45, 7) is 6.50. The third-order valence-corrected chi connectivity index (χ3v) is 5.52. The smallest absolute Gasteiger partial charge is 0.257 e. The molecule has 2 aromatic rings. The molecular weight excluding hydrogens is 318 g/mol. The van der Waals surface area contributed by atoms with E-state index in [1.165, 1.54) is 5.56 Å². The number of carbonyl (C=O) groups is 2. The lowest BCUT2D eigenvalue weighted by molar-refractivity contribution is -0.128. The van der Waals surface area contributed by atoms with Gasteiger partial charge in [-0.3, -0.25) is 9.59 Å². The molecule has 1 aromatic heterocycles. The second-order valence-corrected chi connectivity index (χ2v) is 6.97. The van der Waals surface area contributed by atoms with E-state index in [9.17, 15) is 9.59 Å². The van der Waals surface area contributed by atoms with Crippen LogP contribution in [0.15, 0.2) is 28.8 Å². The van der Waals surface area contributed by atoms with Crippen LogP contribution in [-0.4, -0.2) is 35.0 Å². The van der Waals surface area contributed by atoms with Crippen LogP contribution in [0.1, 0.15) is 51.8 Å². The molecule has 0 saturated carbocycles. The van der Waals surface area contributed by atoms with Crippen molar-refractivity contribution in [3.05, 3.63) is 52.4 Å². The van der Waals surface area contributed by atoms with Crippen molar-refractivity contribution in [2.45, 2.75) is 32.7 Å². The van der Waals surface area contributed by atoms with Gasteiger partial charge < -0.3 is 14.7 Å². The summed E-state index contributed by atoms with van der Waals surface area (Å²) >= 11 is 0. The highest BCUT2D eigenvalue weighted by atomic mass is 16.5. The summed E-state index contributed by atoms with van der Waals surface area (Å²) in [5.41, 5.74) is 3.48. The molecule has 0 bridgehead atoms. The summed E-state index contributed by atoms with van der Waals surface area (Å²) in [6.07, 6.45) is 0. The first kappa shape index (κ1) is 15.9. The first-order valence-electron chi connectivity index (χ1n) is 8.55. The third kappa shape index (κ3) is 2.44. The summed E-state index contributed by atoms with van der Waals surface area (Å²) < 4.78 is 5.12. The molecule has 1 saturated heterocycles. The van der Waals surface area contributed by atoms with Crippen molar-refractivity contribution in [2.24, 2.45) is 5.92 Å². The fourth-order valence-corrected chi connectivity index (χ4v) is 4.32. The van der Waals surface area contributed by atoms with Crippen molar-refractivity contribution in [1.29, 1.82) is 0 Å². The number of benzene rings is 1. The highest BCUT2D eigenvalue weighted by molar-refractivity contribution is 5.96. The van der Waals surface area contributed by atoms with E-state index >= 15 is 0 Å². The zero-order valence-corrected chi connectivity index (χ0v) is 14.6. The van der Waals surface area contributed by atoms with Crippen molar-refractivity contribution in [2.75, 3.05) is 13.1 Å². The van der Waals surface area contributed by atoms with Gasteiger partial charge in [0, 0.05) is 31.8 Å². The largest absolute Gasteiger partial charge is 0.361 e. The van der Waals surface area contributed by atoms with Crippen molar-refractivity contribution < 1.29 is 14.1 Å². The molecule has 0 radical (unpaired) electrons. The molecule has 1 N–H and O–H groups in total. The minimum absolute atomic E-state index is 0.0858. The van der Waals surface area contributed by atoms with Crippen molar-refractivity contribution >= 4 is 11.8 Å². The second kappa shape index (κ2) is 5.72. The molecule has 2 heterocycles. The quantitative estimate of drug-likeness (QED) is 0.911. The molecule has 130 valence electrons. The number of likely N-dealkylation sites (tertiary alicyclic amines) is 1. The van der Waals surface area contributed by atoms with E-state index in [1.54, 1.807) is 20.8 Å². The maximum absolute atomic E-state index is 12.8. The van der Waals surface area contributed by atoms with Crippen LogP contribution in [0.4, 0.5) is 0 Å². The van der Waals surface area contributed by atoms with Gasteiger partial charge in [-0.1, -0.05) is 29.4 Å². The second-order valence-electron chi connectivity index (χ2n) is 6.97. The molecule has 3 atom stereocenters. The summed E-state index contributed by atoms with van der Waals surface area (Å²) in [7, 11) is 0. The summed E-state index contributed by atoms with van der Waals surface area (Å²) in [6, 6.07) is 8.09. The van der Waals surface area contributed by atoms with E-state index in [0.717, 1.165) is 5.56 Å². The average molecular weight is 339 g/mol. The molecule has 1 aliphatic carbocycles. The Morgan fingerprint density at radius 2 is 1.92 bits per heavy atom. The SMILES string of the molecule is CC(=O)N1C[C@H]2[C@@H](C1)c1ccccc1[C@@H]2NC(=O)c1c(C)noc1C. The Labute approximate surface area is 146 Å². The van der Waals surface area contributed by atoms with Crippen LogP contribution in [0.5, 0.6) is 0 Å². The van der Waals surface area contributed by atoms with Gasteiger partial charge in [0.2, 0.25) is 5.91 Å². The molecule has 4 rings (SSSR count). The van der Waals surface area contributed by atoms with Gasteiger partial charge in [0.25, 0.3) is 5.91 Å². The van der Waals surface area contributed by atoms with Crippen LogP contribution in [0.3, 0.4) is 0 Å². The van der Waals surface area contributed by atoms with Crippen LogP contribution in [0.25, 0.3) is 0 Å². The monoisotopic (exact) mass is 339 g/mol. The van der Waals surface area contributed by atoms with E-state index in [4.69, 9.17) is 4.52 Å². The van der Waals surface area contributed by atoms with Gasteiger partial charge in [0.1, 0.15) is 11.3 Å². The van der Waals surface area contributed by atoms with E-state index in [1.807, 2.05) is 17.0 Å². The van der Waals surface area contributed by atoms with Gasteiger partial charge >= 0.3 is 0 Å². The predicted octanol–water partition coefficient (Wildman–Crippen LogP) is 2.34. The molecular formula is C19H21N3O3. The number of nitrogens with zero attached hydrogens (tertiary/aromatic N) is 2. The lowest BCUT2D eigenvalue weighted by Crippen LogP contribution is -2.35. The van der Waals surface area contributed by atoms with E-state index in [-0.39, 0.29) is 29.7 Å². The molecule has 25 heavy (non-hydrogen) atoms. The molecule has 2 aliphatic rings. The highest BCUT2D eigenvalue weighted by Crippen LogP contribution is 2.49. The lowest BCUT2D eigenvalue weighted by atomic mass is 9.94. The Hall–Kier alpha value is -2.63. The Morgan fingerprint density at radius 1 is 1.20 bits per heavy atom. The van der Waals surface area contributed by atoms with Crippen LogP contribution in [-0.2, 0) is 4.79 Å². The van der Waals surface area contributed by atoms with Gasteiger partial charge in [0.15, 0.2) is 0 Å². The number of nitrogens with one attached hydrogen (secondary N) is 1. The van der Waals surface area contributed by atoms with Gasteiger partial charge in [-0.15, -0.1) is 0 Å². The minimum Gasteiger partial charge on any atom is -0.361 e. The average Bonchev–Trinajstić information content (AvgIpc) is 3.23. The van der Waals surface area contributed by atoms with Crippen molar-refractivity contribution in [3.8, 4) is 0 Å². The molecule has 2 amide bonds. The topological polar surface area (TPSA) is 75.4 Å². The normalized spacial score (nSPS) is 24.1. The number of aryl methyl sites for hydroxylation is 2. The Bertz CT molecular complexity index is 838. The lowest BCUT2D eigenvalue weighted by Gasteiger charge is -2.22.